The number of rotatable bonds is 1. The Morgan fingerprint density at radius 1 is 1.23 bits per heavy atom. The van der Waals surface area contributed by atoms with Crippen molar-refractivity contribution in [2.45, 2.75) is 38.2 Å². The molecule has 1 heterocycles. The smallest absolute Gasteiger partial charge is 0.223 e. The van der Waals surface area contributed by atoms with Gasteiger partial charge in [0.2, 0.25) is 5.91 Å². The first-order chi connectivity index (χ1) is 6.29. The van der Waals surface area contributed by atoms with Gasteiger partial charge in [0.1, 0.15) is 0 Å². The van der Waals surface area contributed by atoms with Crippen LogP contribution in [0, 0.1) is 11.8 Å². The second-order valence-electron chi connectivity index (χ2n) is 4.20. The summed E-state index contributed by atoms with van der Waals surface area (Å²) in [7, 11) is 0. The van der Waals surface area contributed by atoms with Crippen molar-refractivity contribution < 1.29 is 9.90 Å². The van der Waals surface area contributed by atoms with E-state index in [4.69, 9.17) is 0 Å². The monoisotopic (exact) mass is 183 g/mol. The molecule has 3 unspecified atom stereocenters. The van der Waals surface area contributed by atoms with Crippen LogP contribution in [-0.2, 0) is 4.79 Å². The molecule has 3 nitrogen and oxygen atoms in total. The predicted octanol–water partition coefficient (Wildman–Crippen LogP) is 0.674. The zero-order valence-corrected chi connectivity index (χ0v) is 7.83. The van der Waals surface area contributed by atoms with E-state index in [2.05, 4.69) is 5.32 Å². The molecule has 0 radical (unpaired) electrons. The lowest BCUT2D eigenvalue weighted by atomic mass is 9.77. The van der Waals surface area contributed by atoms with Crippen LogP contribution in [0.2, 0.25) is 0 Å². The summed E-state index contributed by atoms with van der Waals surface area (Å²) in [6.07, 6.45) is 4.88. The Morgan fingerprint density at radius 2 is 2.00 bits per heavy atom. The van der Waals surface area contributed by atoms with Crippen LogP contribution in [0.4, 0.5) is 0 Å². The second kappa shape index (κ2) is 3.66. The molecule has 1 aliphatic carbocycles. The van der Waals surface area contributed by atoms with Crippen LogP contribution in [0.3, 0.4) is 0 Å². The first-order valence-electron chi connectivity index (χ1n) is 5.25. The highest BCUT2D eigenvalue weighted by molar-refractivity contribution is 5.80. The molecule has 0 aromatic rings. The minimum absolute atomic E-state index is 0.0929. The summed E-state index contributed by atoms with van der Waals surface area (Å²) in [4.78, 5) is 11.4. The molecular formula is C10H17NO2. The van der Waals surface area contributed by atoms with Gasteiger partial charge < -0.3 is 10.4 Å². The molecule has 74 valence electrons. The van der Waals surface area contributed by atoms with Gasteiger partial charge in [-0.1, -0.05) is 12.8 Å². The van der Waals surface area contributed by atoms with Gasteiger partial charge in [0.05, 0.1) is 6.10 Å². The fourth-order valence-corrected chi connectivity index (χ4v) is 2.63. The summed E-state index contributed by atoms with van der Waals surface area (Å²) in [5, 5.41) is 12.6. The van der Waals surface area contributed by atoms with E-state index in [1.807, 2.05) is 0 Å². The molecule has 2 fully saturated rings. The fourth-order valence-electron chi connectivity index (χ4n) is 2.63. The highest BCUT2D eigenvalue weighted by atomic mass is 16.3. The van der Waals surface area contributed by atoms with Gasteiger partial charge in [0.15, 0.2) is 0 Å². The average Bonchev–Trinajstić information content (AvgIpc) is 2.52. The van der Waals surface area contributed by atoms with Crippen molar-refractivity contribution in [3.05, 3.63) is 0 Å². The first-order valence-corrected chi connectivity index (χ1v) is 5.25. The van der Waals surface area contributed by atoms with Crippen molar-refractivity contribution in [2.24, 2.45) is 11.8 Å². The van der Waals surface area contributed by atoms with Gasteiger partial charge in [-0.3, -0.25) is 4.79 Å². The summed E-state index contributed by atoms with van der Waals surface area (Å²) in [5.74, 6) is 0.484. The van der Waals surface area contributed by atoms with Crippen molar-refractivity contribution in [3.8, 4) is 0 Å². The lowest BCUT2D eigenvalue weighted by Gasteiger charge is -2.30. The van der Waals surface area contributed by atoms with E-state index < -0.39 is 0 Å². The van der Waals surface area contributed by atoms with Gasteiger partial charge in [-0.25, -0.2) is 0 Å². The Labute approximate surface area is 78.5 Å². The van der Waals surface area contributed by atoms with Gasteiger partial charge >= 0.3 is 0 Å². The molecule has 0 spiro atoms. The van der Waals surface area contributed by atoms with Crippen LogP contribution in [0.15, 0.2) is 0 Å². The van der Waals surface area contributed by atoms with E-state index >= 15 is 0 Å². The molecule has 2 aliphatic rings. The Kier molecular flexibility index (Phi) is 2.54. The summed E-state index contributed by atoms with van der Waals surface area (Å²) in [6, 6.07) is 0. The molecule has 1 aliphatic heterocycles. The number of hydrogen-bond donors (Lipinski definition) is 2. The number of aliphatic hydroxyl groups is 1. The van der Waals surface area contributed by atoms with E-state index in [-0.39, 0.29) is 23.8 Å². The van der Waals surface area contributed by atoms with Crippen molar-refractivity contribution in [1.82, 2.24) is 5.32 Å². The number of amides is 1. The Hall–Kier alpha value is -0.570. The molecule has 0 bridgehead atoms. The van der Waals surface area contributed by atoms with E-state index in [1.165, 1.54) is 6.42 Å². The molecule has 0 aromatic carbocycles. The van der Waals surface area contributed by atoms with Gasteiger partial charge in [0, 0.05) is 12.5 Å². The summed E-state index contributed by atoms with van der Waals surface area (Å²) >= 11 is 0. The Balaban J connectivity index is 2.01. The SMILES string of the molecule is O=C1NCCC1C1CCCCC1O. The maximum Gasteiger partial charge on any atom is 0.223 e. The van der Waals surface area contributed by atoms with Crippen molar-refractivity contribution in [2.75, 3.05) is 6.54 Å². The van der Waals surface area contributed by atoms with Crippen LogP contribution < -0.4 is 5.32 Å². The van der Waals surface area contributed by atoms with Crippen molar-refractivity contribution in [3.63, 3.8) is 0 Å². The highest BCUT2D eigenvalue weighted by Crippen LogP contribution is 2.33. The quantitative estimate of drug-likeness (QED) is 0.628. The lowest BCUT2D eigenvalue weighted by molar-refractivity contribution is -0.126. The van der Waals surface area contributed by atoms with Gasteiger partial charge in [-0.2, -0.15) is 0 Å². The van der Waals surface area contributed by atoms with Crippen LogP contribution in [0.1, 0.15) is 32.1 Å². The van der Waals surface area contributed by atoms with E-state index in [9.17, 15) is 9.90 Å². The molecule has 2 N–H and O–H groups in total. The zero-order valence-electron chi connectivity index (χ0n) is 7.83. The third-order valence-electron chi connectivity index (χ3n) is 3.39. The maximum absolute atomic E-state index is 11.4. The first kappa shape index (κ1) is 9.00. The lowest BCUT2D eigenvalue weighted by Crippen LogP contribution is -2.35. The Bertz CT molecular complexity index is 205. The van der Waals surface area contributed by atoms with Crippen LogP contribution >= 0.6 is 0 Å². The molecule has 1 saturated heterocycles. The minimum atomic E-state index is -0.234. The maximum atomic E-state index is 11.4. The summed E-state index contributed by atoms with van der Waals surface area (Å²) < 4.78 is 0. The molecular weight excluding hydrogens is 166 g/mol. The van der Waals surface area contributed by atoms with Crippen molar-refractivity contribution >= 4 is 5.91 Å². The van der Waals surface area contributed by atoms with E-state index in [0.29, 0.717) is 0 Å². The van der Waals surface area contributed by atoms with Gasteiger partial charge in [-0.15, -0.1) is 0 Å². The second-order valence-corrected chi connectivity index (χ2v) is 4.20. The third kappa shape index (κ3) is 1.70. The van der Waals surface area contributed by atoms with Crippen LogP contribution in [-0.4, -0.2) is 23.7 Å². The standard InChI is InChI=1S/C10H17NO2/c12-9-4-2-1-3-7(9)8-5-6-11-10(8)13/h7-9,12H,1-6H2,(H,11,13). The number of carbonyl (C=O) groups excluding carboxylic acids is 1. The number of nitrogens with one attached hydrogen (secondary N) is 1. The van der Waals surface area contributed by atoms with Crippen LogP contribution in [0.25, 0.3) is 0 Å². The molecule has 1 amide bonds. The Morgan fingerprint density at radius 3 is 2.62 bits per heavy atom. The third-order valence-corrected chi connectivity index (χ3v) is 3.39. The van der Waals surface area contributed by atoms with Gasteiger partial charge in [-0.05, 0) is 25.2 Å². The molecule has 0 aromatic heterocycles. The average molecular weight is 183 g/mol. The molecule has 13 heavy (non-hydrogen) atoms. The largest absolute Gasteiger partial charge is 0.393 e. The van der Waals surface area contributed by atoms with Crippen molar-refractivity contribution in [1.29, 1.82) is 0 Å². The molecule has 1 saturated carbocycles. The summed E-state index contributed by atoms with van der Waals surface area (Å²) in [6.45, 7) is 0.798. The zero-order chi connectivity index (χ0) is 9.26. The fraction of sp³-hybridized carbons (Fsp3) is 0.900. The molecule has 3 heteroatoms. The van der Waals surface area contributed by atoms with Gasteiger partial charge in [0.25, 0.3) is 0 Å². The highest BCUT2D eigenvalue weighted by Gasteiger charge is 2.37. The molecule has 3 atom stereocenters. The van der Waals surface area contributed by atoms with E-state index in [1.54, 1.807) is 0 Å². The number of hydrogen-bond acceptors (Lipinski definition) is 2. The number of aliphatic hydroxyl groups excluding tert-OH is 1. The minimum Gasteiger partial charge on any atom is -0.393 e. The normalized spacial score (nSPS) is 40.4. The predicted molar refractivity (Wildman–Crippen MR) is 49.1 cm³/mol. The van der Waals surface area contributed by atoms with E-state index in [0.717, 1.165) is 32.2 Å². The number of carbonyl (C=O) groups is 1. The topological polar surface area (TPSA) is 49.3 Å². The molecule has 2 rings (SSSR count). The van der Waals surface area contributed by atoms with Crippen LogP contribution in [0.5, 0.6) is 0 Å². The summed E-state index contributed by atoms with van der Waals surface area (Å²) in [5.41, 5.74) is 0.